The molecule has 1 aliphatic heterocycles. The van der Waals surface area contributed by atoms with Gasteiger partial charge in [0.2, 0.25) is 0 Å². The summed E-state index contributed by atoms with van der Waals surface area (Å²) in [5.41, 5.74) is 1.47. The van der Waals surface area contributed by atoms with Crippen molar-refractivity contribution in [2.45, 2.75) is 13.0 Å². The molecule has 0 N–H and O–H groups in total. The lowest BCUT2D eigenvalue weighted by molar-refractivity contribution is 0.376. The van der Waals surface area contributed by atoms with Gasteiger partial charge in [-0.25, -0.2) is 0 Å². The predicted molar refractivity (Wildman–Crippen MR) is 60.0 cm³/mol. The molecule has 0 amide bonds. The van der Waals surface area contributed by atoms with Crippen molar-refractivity contribution in [2.75, 3.05) is 7.05 Å². The summed E-state index contributed by atoms with van der Waals surface area (Å²) in [6.07, 6.45) is 8.91. The third kappa shape index (κ3) is 1.13. The quantitative estimate of drug-likeness (QED) is 0.613. The second-order valence-corrected chi connectivity index (χ2v) is 4.69. The van der Waals surface area contributed by atoms with E-state index in [4.69, 9.17) is 0 Å². The lowest BCUT2D eigenvalue weighted by atomic mass is 9.92. The van der Waals surface area contributed by atoms with E-state index < -0.39 is 0 Å². The zero-order valence-electron chi connectivity index (χ0n) is 7.29. The van der Waals surface area contributed by atoms with E-state index in [2.05, 4.69) is 65.9 Å². The Balaban J connectivity index is 2.35. The molecule has 0 bridgehead atoms. The van der Waals surface area contributed by atoms with Crippen LogP contribution in [-0.4, -0.2) is 18.0 Å². The van der Waals surface area contributed by atoms with E-state index >= 15 is 0 Å². The Morgan fingerprint density at radius 1 is 1.50 bits per heavy atom. The van der Waals surface area contributed by atoms with Crippen LogP contribution in [0.3, 0.4) is 0 Å². The van der Waals surface area contributed by atoms with Crippen molar-refractivity contribution in [3.63, 3.8) is 0 Å². The largest absolute Gasteiger partial charge is 0.372 e. The highest BCUT2D eigenvalue weighted by Gasteiger charge is 2.32. The third-order valence-corrected chi connectivity index (χ3v) is 3.57. The van der Waals surface area contributed by atoms with E-state index in [1.807, 2.05) is 0 Å². The van der Waals surface area contributed by atoms with Crippen LogP contribution in [0.25, 0.3) is 0 Å². The molecule has 12 heavy (non-hydrogen) atoms. The van der Waals surface area contributed by atoms with Gasteiger partial charge >= 0.3 is 0 Å². The number of halogens is 1. The van der Waals surface area contributed by atoms with Gasteiger partial charge in [0.15, 0.2) is 0 Å². The van der Waals surface area contributed by atoms with E-state index in [-0.39, 0.29) is 0 Å². The molecule has 2 atom stereocenters. The first-order valence-corrected chi connectivity index (χ1v) is 5.22. The summed E-state index contributed by atoms with van der Waals surface area (Å²) in [7, 11) is 2.15. The van der Waals surface area contributed by atoms with Gasteiger partial charge in [-0.15, -0.1) is 0 Å². The highest BCUT2D eigenvalue weighted by molar-refractivity contribution is 14.1. The van der Waals surface area contributed by atoms with Crippen LogP contribution >= 0.6 is 22.6 Å². The van der Waals surface area contributed by atoms with Crippen molar-refractivity contribution in [1.29, 1.82) is 0 Å². The third-order valence-electron chi connectivity index (χ3n) is 2.57. The SMILES string of the molecule is CC1=CN(C)C2C(I)=CC=CC12. The molecule has 0 fully saturated rings. The molecule has 0 aromatic carbocycles. The number of nitrogens with zero attached hydrogens (tertiary/aromatic N) is 1. The number of hydrogen-bond acceptors (Lipinski definition) is 1. The Bertz CT molecular complexity index is 288. The molecule has 0 radical (unpaired) electrons. The van der Waals surface area contributed by atoms with E-state index in [0.29, 0.717) is 12.0 Å². The topological polar surface area (TPSA) is 3.24 Å². The van der Waals surface area contributed by atoms with Gasteiger partial charge in [-0.05, 0) is 41.3 Å². The summed E-state index contributed by atoms with van der Waals surface area (Å²) in [6, 6.07) is 0.579. The van der Waals surface area contributed by atoms with E-state index in [1.165, 1.54) is 9.15 Å². The van der Waals surface area contributed by atoms with Crippen LogP contribution in [-0.2, 0) is 0 Å². The Labute approximate surface area is 87.0 Å². The number of rotatable bonds is 0. The minimum atomic E-state index is 0.579. The summed E-state index contributed by atoms with van der Waals surface area (Å²) < 4.78 is 1.44. The molecular formula is C10H12IN. The highest BCUT2D eigenvalue weighted by atomic mass is 127. The molecule has 2 rings (SSSR count). The van der Waals surface area contributed by atoms with E-state index in [9.17, 15) is 0 Å². The van der Waals surface area contributed by atoms with Crippen LogP contribution < -0.4 is 0 Å². The van der Waals surface area contributed by atoms with Gasteiger partial charge in [-0.3, -0.25) is 0 Å². The van der Waals surface area contributed by atoms with Crippen LogP contribution in [0.4, 0.5) is 0 Å². The number of allylic oxidation sites excluding steroid dienone is 2. The minimum Gasteiger partial charge on any atom is -0.372 e. The lowest BCUT2D eigenvalue weighted by Crippen LogP contribution is -2.29. The van der Waals surface area contributed by atoms with Crippen molar-refractivity contribution < 1.29 is 0 Å². The van der Waals surface area contributed by atoms with Gasteiger partial charge in [0.1, 0.15) is 0 Å². The molecule has 2 unspecified atom stereocenters. The van der Waals surface area contributed by atoms with Crippen LogP contribution in [0, 0.1) is 5.92 Å². The molecule has 0 saturated carbocycles. The lowest BCUT2D eigenvalue weighted by Gasteiger charge is -2.27. The fourth-order valence-corrected chi connectivity index (χ4v) is 3.01. The average Bonchev–Trinajstić information content (AvgIpc) is 2.29. The maximum Gasteiger partial charge on any atom is 0.0691 e. The van der Waals surface area contributed by atoms with Gasteiger partial charge in [-0.2, -0.15) is 0 Å². The minimum absolute atomic E-state index is 0.579. The van der Waals surface area contributed by atoms with Crippen LogP contribution in [0.1, 0.15) is 6.92 Å². The first kappa shape index (κ1) is 8.35. The van der Waals surface area contributed by atoms with Gasteiger partial charge in [0.05, 0.1) is 6.04 Å². The first-order valence-electron chi connectivity index (χ1n) is 4.14. The molecule has 1 heterocycles. The summed E-state index contributed by atoms with van der Waals surface area (Å²) in [4.78, 5) is 2.31. The Kier molecular flexibility index (Phi) is 2.02. The van der Waals surface area contributed by atoms with Crippen molar-refractivity contribution in [1.82, 2.24) is 4.90 Å². The summed E-state index contributed by atoms with van der Waals surface area (Å²) >= 11 is 2.43. The standard InChI is InChI=1S/C10H12IN/c1-7-6-12(2)10-8(7)4-3-5-9(10)11/h3-6,8,10H,1-2H3. The number of likely N-dealkylation sites (N-methyl/N-ethyl adjacent to an activating group) is 1. The molecular weight excluding hydrogens is 261 g/mol. The summed E-state index contributed by atoms with van der Waals surface area (Å²) in [5.74, 6) is 0.617. The van der Waals surface area contributed by atoms with Crippen molar-refractivity contribution >= 4 is 22.6 Å². The Morgan fingerprint density at radius 3 is 2.92 bits per heavy atom. The van der Waals surface area contributed by atoms with Gasteiger partial charge < -0.3 is 4.90 Å². The second kappa shape index (κ2) is 2.91. The van der Waals surface area contributed by atoms with E-state index in [1.54, 1.807) is 0 Å². The fraction of sp³-hybridized carbons (Fsp3) is 0.400. The van der Waals surface area contributed by atoms with Crippen LogP contribution in [0.5, 0.6) is 0 Å². The number of fused-ring (bicyclic) bond motifs is 1. The molecule has 64 valence electrons. The number of hydrogen-bond donors (Lipinski definition) is 0. The zero-order valence-corrected chi connectivity index (χ0v) is 9.45. The summed E-state index contributed by atoms with van der Waals surface area (Å²) in [6.45, 7) is 2.21. The first-order chi connectivity index (χ1) is 5.70. The van der Waals surface area contributed by atoms with Crippen molar-refractivity contribution in [2.24, 2.45) is 5.92 Å². The predicted octanol–water partition coefficient (Wildman–Crippen LogP) is 2.71. The van der Waals surface area contributed by atoms with Crippen LogP contribution in [0.2, 0.25) is 0 Å². The molecule has 0 saturated heterocycles. The van der Waals surface area contributed by atoms with Crippen molar-refractivity contribution in [3.05, 3.63) is 33.6 Å². The van der Waals surface area contributed by atoms with Crippen LogP contribution in [0.15, 0.2) is 33.6 Å². The zero-order chi connectivity index (χ0) is 8.72. The maximum atomic E-state index is 2.43. The molecule has 1 nitrogen and oxygen atoms in total. The molecule has 0 aromatic heterocycles. The molecule has 0 aromatic rings. The average molecular weight is 273 g/mol. The monoisotopic (exact) mass is 273 g/mol. The van der Waals surface area contributed by atoms with Gasteiger partial charge in [-0.1, -0.05) is 18.2 Å². The molecule has 2 aliphatic rings. The smallest absolute Gasteiger partial charge is 0.0691 e. The Hall–Kier alpha value is -0.250. The molecule has 0 spiro atoms. The summed E-state index contributed by atoms with van der Waals surface area (Å²) in [5, 5.41) is 0. The Morgan fingerprint density at radius 2 is 2.25 bits per heavy atom. The normalized spacial score (nSPS) is 33.1. The molecule has 2 heteroatoms. The maximum absolute atomic E-state index is 2.43. The van der Waals surface area contributed by atoms with E-state index in [0.717, 1.165) is 0 Å². The molecule has 1 aliphatic carbocycles. The van der Waals surface area contributed by atoms with Gasteiger partial charge in [0.25, 0.3) is 0 Å². The van der Waals surface area contributed by atoms with Crippen molar-refractivity contribution in [3.8, 4) is 0 Å². The highest BCUT2D eigenvalue weighted by Crippen LogP contribution is 2.37. The fourth-order valence-electron chi connectivity index (χ4n) is 1.98. The van der Waals surface area contributed by atoms with Gasteiger partial charge in [0, 0.05) is 16.5 Å². The second-order valence-electron chi connectivity index (χ2n) is 3.45.